The van der Waals surface area contributed by atoms with Crippen LogP contribution >= 0.6 is 0 Å². The van der Waals surface area contributed by atoms with E-state index in [0.29, 0.717) is 12.5 Å². The summed E-state index contributed by atoms with van der Waals surface area (Å²) in [5.74, 6) is 1.46. The van der Waals surface area contributed by atoms with Gasteiger partial charge in [0.15, 0.2) is 0 Å². The number of amides is 1. The number of likely N-dealkylation sites (tertiary alicyclic amines) is 1. The highest BCUT2D eigenvalue weighted by Crippen LogP contribution is 2.28. The fraction of sp³-hybridized carbons (Fsp3) is 0.455. The third-order valence-electron chi connectivity index (χ3n) is 5.82. The minimum Gasteiger partial charge on any atom is -0.357 e. The summed E-state index contributed by atoms with van der Waals surface area (Å²) < 4.78 is 0. The van der Waals surface area contributed by atoms with Gasteiger partial charge in [0.1, 0.15) is 5.82 Å². The van der Waals surface area contributed by atoms with E-state index in [1.54, 1.807) is 6.20 Å². The largest absolute Gasteiger partial charge is 0.357 e. The van der Waals surface area contributed by atoms with Gasteiger partial charge in [0.25, 0.3) is 5.91 Å². The minimum atomic E-state index is 0.126. The van der Waals surface area contributed by atoms with Crippen molar-refractivity contribution >= 4 is 11.7 Å². The van der Waals surface area contributed by atoms with Gasteiger partial charge >= 0.3 is 0 Å². The fourth-order valence-corrected chi connectivity index (χ4v) is 4.21. The van der Waals surface area contributed by atoms with Crippen molar-refractivity contribution in [2.45, 2.75) is 38.1 Å². The molecule has 0 spiro atoms. The van der Waals surface area contributed by atoms with Crippen LogP contribution in [0.5, 0.6) is 0 Å². The normalized spacial score (nSPS) is 20.1. The number of anilines is 1. The van der Waals surface area contributed by atoms with E-state index in [1.807, 2.05) is 17.0 Å². The monoisotopic (exact) mass is 364 g/mol. The Morgan fingerprint density at radius 2 is 1.85 bits per heavy atom. The Morgan fingerprint density at radius 1 is 1.07 bits per heavy atom. The van der Waals surface area contributed by atoms with Crippen molar-refractivity contribution in [3.05, 3.63) is 59.3 Å². The number of nitrogens with two attached hydrogens (primary N) is 1. The zero-order valence-electron chi connectivity index (χ0n) is 15.8. The zero-order chi connectivity index (χ0) is 18.6. The van der Waals surface area contributed by atoms with Crippen LogP contribution in [-0.2, 0) is 6.54 Å². The van der Waals surface area contributed by atoms with Crippen LogP contribution in [0, 0.1) is 0 Å². The number of carbonyl (C=O) groups is 1. The molecule has 2 aliphatic rings. The number of hydrogen-bond acceptors (Lipinski definition) is 4. The minimum absolute atomic E-state index is 0.126. The second-order valence-corrected chi connectivity index (χ2v) is 7.63. The lowest BCUT2D eigenvalue weighted by Crippen LogP contribution is -2.39. The quantitative estimate of drug-likeness (QED) is 0.905. The lowest BCUT2D eigenvalue weighted by Gasteiger charge is -2.33. The molecule has 2 aromatic rings. The van der Waals surface area contributed by atoms with Gasteiger partial charge in [-0.1, -0.05) is 24.3 Å². The zero-order valence-corrected chi connectivity index (χ0v) is 15.8. The molecular formula is C22H28N4O. The van der Waals surface area contributed by atoms with Crippen molar-refractivity contribution in [3.63, 3.8) is 0 Å². The van der Waals surface area contributed by atoms with Gasteiger partial charge in [0.05, 0.1) is 0 Å². The van der Waals surface area contributed by atoms with Crippen molar-refractivity contribution in [2.24, 2.45) is 5.73 Å². The van der Waals surface area contributed by atoms with Gasteiger partial charge in [-0.05, 0) is 48.9 Å². The van der Waals surface area contributed by atoms with Gasteiger partial charge in [-0.25, -0.2) is 4.98 Å². The molecule has 27 heavy (non-hydrogen) atoms. The van der Waals surface area contributed by atoms with Crippen LogP contribution in [0.4, 0.5) is 5.82 Å². The summed E-state index contributed by atoms with van der Waals surface area (Å²) in [6.45, 7) is 4.25. The molecule has 2 saturated heterocycles. The molecule has 0 saturated carbocycles. The summed E-state index contributed by atoms with van der Waals surface area (Å²) in [6.07, 6.45) is 6.35. The summed E-state index contributed by atoms with van der Waals surface area (Å²) in [6, 6.07) is 12.3. The van der Waals surface area contributed by atoms with Crippen LogP contribution in [0.1, 0.15) is 53.1 Å². The molecule has 5 heteroatoms. The van der Waals surface area contributed by atoms with E-state index in [1.165, 1.54) is 18.4 Å². The molecule has 142 valence electrons. The molecule has 5 nitrogen and oxygen atoms in total. The predicted octanol–water partition coefficient (Wildman–Crippen LogP) is 3.16. The van der Waals surface area contributed by atoms with Crippen LogP contribution in [0.2, 0.25) is 0 Å². The number of benzene rings is 1. The highest BCUT2D eigenvalue weighted by atomic mass is 16.2. The average molecular weight is 364 g/mol. The number of piperidine rings is 1. The molecule has 3 heterocycles. The summed E-state index contributed by atoms with van der Waals surface area (Å²) in [5, 5.41) is 0. The van der Waals surface area contributed by atoms with Crippen LogP contribution in [0.25, 0.3) is 0 Å². The van der Waals surface area contributed by atoms with Crippen molar-refractivity contribution in [1.82, 2.24) is 9.88 Å². The standard InChI is InChI=1S/C22H28N4O/c23-15-17-5-7-18(8-6-17)20-4-3-13-26(16-20)22(27)19-9-10-24-21(14-19)25-11-1-2-12-25/h5-10,14,20H,1-4,11-13,15-16,23H2. The molecule has 2 aliphatic heterocycles. The second kappa shape index (κ2) is 8.09. The Kier molecular flexibility index (Phi) is 5.39. The van der Waals surface area contributed by atoms with E-state index in [-0.39, 0.29) is 5.91 Å². The highest BCUT2D eigenvalue weighted by Gasteiger charge is 2.26. The number of carbonyl (C=O) groups excluding carboxylic acids is 1. The Balaban J connectivity index is 1.47. The van der Waals surface area contributed by atoms with Crippen molar-refractivity contribution < 1.29 is 4.79 Å². The molecule has 1 aromatic carbocycles. The smallest absolute Gasteiger partial charge is 0.254 e. The van der Waals surface area contributed by atoms with Gasteiger partial charge in [-0.15, -0.1) is 0 Å². The summed E-state index contributed by atoms with van der Waals surface area (Å²) >= 11 is 0. The molecule has 4 rings (SSSR count). The first kappa shape index (κ1) is 18.0. The molecule has 0 aliphatic carbocycles. The van der Waals surface area contributed by atoms with Gasteiger partial charge in [0.2, 0.25) is 0 Å². The first-order valence-corrected chi connectivity index (χ1v) is 10.0. The molecule has 2 N–H and O–H groups in total. The molecule has 1 aromatic heterocycles. The Labute approximate surface area is 161 Å². The van der Waals surface area contributed by atoms with E-state index >= 15 is 0 Å². The molecule has 0 radical (unpaired) electrons. The van der Waals surface area contributed by atoms with Gasteiger partial charge in [-0.2, -0.15) is 0 Å². The highest BCUT2D eigenvalue weighted by molar-refractivity contribution is 5.95. The predicted molar refractivity (Wildman–Crippen MR) is 108 cm³/mol. The first-order valence-electron chi connectivity index (χ1n) is 10.0. The third-order valence-corrected chi connectivity index (χ3v) is 5.82. The van der Waals surface area contributed by atoms with Crippen LogP contribution in [0.15, 0.2) is 42.6 Å². The molecular weight excluding hydrogens is 336 g/mol. The van der Waals surface area contributed by atoms with Crippen LogP contribution in [-0.4, -0.2) is 42.0 Å². The Morgan fingerprint density at radius 3 is 2.59 bits per heavy atom. The molecule has 1 unspecified atom stereocenters. The fourth-order valence-electron chi connectivity index (χ4n) is 4.21. The number of pyridine rings is 1. The Hall–Kier alpha value is -2.40. The molecule has 1 atom stereocenters. The van der Waals surface area contributed by atoms with E-state index in [0.717, 1.165) is 56.0 Å². The van der Waals surface area contributed by atoms with Crippen LogP contribution < -0.4 is 10.6 Å². The SMILES string of the molecule is NCc1ccc(C2CCCN(C(=O)c3ccnc(N4CCCC4)c3)C2)cc1. The summed E-state index contributed by atoms with van der Waals surface area (Å²) in [4.78, 5) is 21.9. The second-order valence-electron chi connectivity index (χ2n) is 7.63. The van der Waals surface area contributed by atoms with Gasteiger partial charge < -0.3 is 15.5 Å². The van der Waals surface area contributed by atoms with Crippen molar-refractivity contribution in [2.75, 3.05) is 31.1 Å². The number of hydrogen-bond donors (Lipinski definition) is 1. The first-order chi connectivity index (χ1) is 13.2. The maximum atomic E-state index is 13.1. The van der Waals surface area contributed by atoms with Gasteiger partial charge in [0, 0.05) is 50.4 Å². The lowest BCUT2D eigenvalue weighted by atomic mass is 9.90. The molecule has 2 fully saturated rings. The topological polar surface area (TPSA) is 62.5 Å². The summed E-state index contributed by atoms with van der Waals surface area (Å²) in [5.41, 5.74) is 8.91. The lowest BCUT2D eigenvalue weighted by molar-refractivity contribution is 0.0707. The maximum absolute atomic E-state index is 13.1. The van der Waals surface area contributed by atoms with E-state index < -0.39 is 0 Å². The third kappa shape index (κ3) is 3.98. The number of rotatable bonds is 4. The van der Waals surface area contributed by atoms with Crippen molar-refractivity contribution in [1.29, 1.82) is 0 Å². The maximum Gasteiger partial charge on any atom is 0.254 e. The van der Waals surface area contributed by atoms with Crippen molar-refractivity contribution in [3.8, 4) is 0 Å². The average Bonchev–Trinajstić information content (AvgIpc) is 3.28. The van der Waals surface area contributed by atoms with E-state index in [2.05, 4.69) is 34.1 Å². The molecule has 1 amide bonds. The summed E-state index contributed by atoms with van der Waals surface area (Å²) in [7, 11) is 0. The van der Waals surface area contributed by atoms with E-state index in [4.69, 9.17) is 5.73 Å². The Bertz CT molecular complexity index is 783. The number of aromatic nitrogens is 1. The molecule has 0 bridgehead atoms. The van der Waals surface area contributed by atoms with Gasteiger partial charge in [-0.3, -0.25) is 4.79 Å². The van der Waals surface area contributed by atoms with Crippen LogP contribution in [0.3, 0.4) is 0 Å². The number of nitrogens with zero attached hydrogens (tertiary/aromatic N) is 3. The van der Waals surface area contributed by atoms with E-state index in [9.17, 15) is 4.79 Å².